The Morgan fingerprint density at radius 1 is 0.952 bits per heavy atom. The first-order valence-corrected chi connectivity index (χ1v) is 6.53. The smallest absolute Gasteiger partial charge is 0.387 e. The van der Waals surface area contributed by atoms with Crippen molar-refractivity contribution in [1.29, 1.82) is 0 Å². The average molecular weight is 293 g/mol. The molecule has 0 atom stereocenters. The van der Waals surface area contributed by atoms with Crippen molar-refractivity contribution in [2.24, 2.45) is 0 Å². The van der Waals surface area contributed by atoms with Gasteiger partial charge in [0.05, 0.1) is 6.61 Å². The number of hydrogen-bond donors (Lipinski definition) is 1. The van der Waals surface area contributed by atoms with Gasteiger partial charge in [-0.3, -0.25) is 0 Å². The van der Waals surface area contributed by atoms with E-state index in [1.165, 1.54) is 12.1 Å². The van der Waals surface area contributed by atoms with Crippen molar-refractivity contribution in [3.63, 3.8) is 0 Å². The van der Waals surface area contributed by atoms with Crippen molar-refractivity contribution in [3.8, 4) is 5.75 Å². The van der Waals surface area contributed by atoms with E-state index < -0.39 is 6.61 Å². The maximum atomic E-state index is 12.0. The van der Waals surface area contributed by atoms with Gasteiger partial charge in [-0.25, -0.2) is 0 Å². The lowest BCUT2D eigenvalue weighted by molar-refractivity contribution is -0.0498. The van der Waals surface area contributed by atoms with Crippen molar-refractivity contribution < 1.29 is 18.3 Å². The Balaban J connectivity index is 1.87. The van der Waals surface area contributed by atoms with E-state index in [4.69, 9.17) is 4.74 Å². The van der Waals surface area contributed by atoms with Gasteiger partial charge in [0.15, 0.2) is 0 Å². The fourth-order valence-corrected chi connectivity index (χ4v) is 1.88. The van der Waals surface area contributed by atoms with E-state index in [9.17, 15) is 8.78 Å². The minimum absolute atomic E-state index is 0.152. The first-order chi connectivity index (χ1) is 10.2. The molecule has 0 heterocycles. The average Bonchev–Trinajstić information content (AvgIpc) is 2.48. The molecule has 0 saturated heterocycles. The Kier molecular flexibility index (Phi) is 5.51. The Bertz CT molecular complexity index is 541. The molecule has 5 heteroatoms. The minimum Gasteiger partial charge on any atom is -0.435 e. The van der Waals surface area contributed by atoms with Gasteiger partial charge in [0.1, 0.15) is 5.75 Å². The lowest BCUT2D eigenvalue weighted by atomic mass is 10.1. The third-order valence-corrected chi connectivity index (χ3v) is 2.91. The second-order valence-corrected chi connectivity index (χ2v) is 4.51. The van der Waals surface area contributed by atoms with E-state index in [0.717, 1.165) is 16.8 Å². The quantitative estimate of drug-likeness (QED) is 0.835. The number of benzene rings is 2. The van der Waals surface area contributed by atoms with Crippen LogP contribution >= 0.6 is 0 Å². The van der Waals surface area contributed by atoms with Crippen LogP contribution < -0.4 is 10.1 Å². The third-order valence-electron chi connectivity index (χ3n) is 2.91. The van der Waals surface area contributed by atoms with E-state index in [1.807, 2.05) is 24.3 Å². The van der Waals surface area contributed by atoms with E-state index in [1.54, 1.807) is 19.2 Å². The van der Waals surface area contributed by atoms with Gasteiger partial charge >= 0.3 is 6.61 Å². The number of rotatable bonds is 7. The summed E-state index contributed by atoms with van der Waals surface area (Å²) in [6.07, 6.45) is 0. The zero-order chi connectivity index (χ0) is 15.1. The van der Waals surface area contributed by atoms with Crippen LogP contribution in [-0.4, -0.2) is 13.7 Å². The Labute approximate surface area is 122 Å². The highest BCUT2D eigenvalue weighted by Crippen LogP contribution is 2.18. The number of methoxy groups -OCH3 is 1. The summed E-state index contributed by atoms with van der Waals surface area (Å²) in [4.78, 5) is 0. The summed E-state index contributed by atoms with van der Waals surface area (Å²) in [7, 11) is 1.66. The number of alkyl halides is 2. The number of halogens is 2. The summed E-state index contributed by atoms with van der Waals surface area (Å²) in [6, 6.07) is 14.5. The Morgan fingerprint density at radius 2 is 1.57 bits per heavy atom. The van der Waals surface area contributed by atoms with Gasteiger partial charge in [-0.05, 0) is 35.4 Å². The van der Waals surface area contributed by atoms with Crippen molar-refractivity contribution in [3.05, 3.63) is 59.7 Å². The molecule has 0 amide bonds. The monoisotopic (exact) mass is 293 g/mol. The van der Waals surface area contributed by atoms with Gasteiger partial charge in [0.25, 0.3) is 0 Å². The van der Waals surface area contributed by atoms with Gasteiger partial charge in [-0.2, -0.15) is 8.78 Å². The van der Waals surface area contributed by atoms with Crippen LogP contribution in [0.4, 0.5) is 14.5 Å². The molecule has 2 aromatic rings. The molecule has 1 N–H and O–H groups in total. The van der Waals surface area contributed by atoms with Gasteiger partial charge in [-0.15, -0.1) is 0 Å². The minimum atomic E-state index is -2.80. The standard InChI is InChI=1S/C16H17F2NO2/c1-20-11-13-4-2-12(3-5-13)10-19-14-6-8-15(9-7-14)21-16(17)18/h2-9,16,19H,10-11H2,1H3. The summed E-state index contributed by atoms with van der Waals surface area (Å²) in [5.41, 5.74) is 3.09. The van der Waals surface area contributed by atoms with Crippen LogP contribution in [0.15, 0.2) is 48.5 Å². The number of ether oxygens (including phenoxy) is 2. The van der Waals surface area contributed by atoms with Gasteiger partial charge in [-0.1, -0.05) is 24.3 Å². The van der Waals surface area contributed by atoms with Crippen molar-refractivity contribution in [2.45, 2.75) is 19.8 Å². The molecule has 21 heavy (non-hydrogen) atoms. The van der Waals surface area contributed by atoms with Crippen LogP contribution in [0, 0.1) is 0 Å². The van der Waals surface area contributed by atoms with Crippen LogP contribution in [0.1, 0.15) is 11.1 Å². The molecule has 3 nitrogen and oxygen atoms in total. The van der Waals surface area contributed by atoms with Crippen molar-refractivity contribution in [1.82, 2.24) is 0 Å². The second-order valence-electron chi connectivity index (χ2n) is 4.51. The lowest BCUT2D eigenvalue weighted by Gasteiger charge is -2.09. The largest absolute Gasteiger partial charge is 0.435 e. The molecular formula is C16H17F2NO2. The topological polar surface area (TPSA) is 30.5 Å². The first kappa shape index (κ1) is 15.3. The Morgan fingerprint density at radius 3 is 2.14 bits per heavy atom. The van der Waals surface area contributed by atoms with Gasteiger partial charge in [0.2, 0.25) is 0 Å². The van der Waals surface area contributed by atoms with E-state index in [2.05, 4.69) is 10.1 Å². The van der Waals surface area contributed by atoms with Crippen molar-refractivity contribution >= 4 is 5.69 Å². The van der Waals surface area contributed by atoms with Gasteiger partial charge in [0, 0.05) is 19.3 Å². The van der Waals surface area contributed by atoms with E-state index in [0.29, 0.717) is 13.2 Å². The maximum Gasteiger partial charge on any atom is 0.387 e. The third kappa shape index (κ3) is 5.04. The fourth-order valence-electron chi connectivity index (χ4n) is 1.88. The van der Waals surface area contributed by atoms with Crippen molar-refractivity contribution in [2.75, 3.05) is 12.4 Å². The summed E-state index contributed by atoms with van der Waals surface area (Å²) in [5.74, 6) is 0.152. The molecule has 112 valence electrons. The number of nitrogens with one attached hydrogen (secondary N) is 1. The summed E-state index contributed by atoms with van der Waals surface area (Å²) in [5, 5.41) is 3.22. The van der Waals surface area contributed by atoms with Crippen LogP contribution in [0.5, 0.6) is 5.75 Å². The summed E-state index contributed by atoms with van der Waals surface area (Å²) >= 11 is 0. The van der Waals surface area contributed by atoms with Crippen LogP contribution in [0.25, 0.3) is 0 Å². The first-order valence-electron chi connectivity index (χ1n) is 6.53. The molecule has 0 aliphatic carbocycles. The molecule has 2 aromatic carbocycles. The summed E-state index contributed by atoms with van der Waals surface area (Å²) < 4.78 is 33.4. The summed E-state index contributed by atoms with van der Waals surface area (Å²) in [6.45, 7) is -1.55. The highest BCUT2D eigenvalue weighted by Gasteiger charge is 2.03. The highest BCUT2D eigenvalue weighted by atomic mass is 19.3. The zero-order valence-electron chi connectivity index (χ0n) is 11.7. The normalized spacial score (nSPS) is 10.7. The predicted octanol–water partition coefficient (Wildman–Crippen LogP) is 4.05. The molecular weight excluding hydrogens is 276 g/mol. The lowest BCUT2D eigenvalue weighted by Crippen LogP contribution is -2.02. The molecule has 0 aromatic heterocycles. The second kappa shape index (κ2) is 7.59. The SMILES string of the molecule is COCc1ccc(CNc2ccc(OC(F)F)cc2)cc1. The molecule has 0 unspecified atom stereocenters. The van der Waals surface area contributed by atoms with E-state index >= 15 is 0 Å². The number of anilines is 1. The molecule has 0 bridgehead atoms. The molecule has 2 rings (SSSR count). The molecule has 0 saturated carbocycles. The Hall–Kier alpha value is -2.14. The molecule has 0 aliphatic heterocycles. The molecule has 0 spiro atoms. The van der Waals surface area contributed by atoms with Crippen LogP contribution in [0.2, 0.25) is 0 Å². The molecule has 0 radical (unpaired) electrons. The van der Waals surface area contributed by atoms with Crippen LogP contribution in [0.3, 0.4) is 0 Å². The van der Waals surface area contributed by atoms with Gasteiger partial charge < -0.3 is 14.8 Å². The highest BCUT2D eigenvalue weighted by molar-refractivity contribution is 5.46. The predicted molar refractivity (Wildman–Crippen MR) is 77.6 cm³/mol. The fraction of sp³-hybridized carbons (Fsp3) is 0.250. The van der Waals surface area contributed by atoms with Crippen LogP contribution in [-0.2, 0) is 17.9 Å². The molecule has 0 aliphatic rings. The van der Waals surface area contributed by atoms with E-state index in [-0.39, 0.29) is 5.75 Å². The number of hydrogen-bond acceptors (Lipinski definition) is 3. The molecule has 0 fully saturated rings. The maximum absolute atomic E-state index is 12.0. The zero-order valence-corrected chi connectivity index (χ0v) is 11.7.